The largest absolute Gasteiger partial charge is 0.354 e. The molecule has 0 bridgehead atoms. The molecular weight excluding hydrogens is 651 g/mol. The van der Waals surface area contributed by atoms with Crippen molar-refractivity contribution in [3.8, 4) is 0 Å². The lowest BCUT2D eigenvalue weighted by molar-refractivity contribution is -0.143. The van der Waals surface area contributed by atoms with E-state index in [4.69, 9.17) is 0 Å². The Bertz CT molecular complexity index is 920. The van der Waals surface area contributed by atoms with Crippen LogP contribution < -0.4 is 5.32 Å². The third kappa shape index (κ3) is 29.1. The fourth-order valence-electron chi connectivity index (χ4n) is 7.81. The van der Waals surface area contributed by atoms with Crippen molar-refractivity contribution in [3.05, 3.63) is 36.5 Å². The average molecular weight is 740 g/mol. The zero-order chi connectivity index (χ0) is 38.5. The first-order chi connectivity index (χ1) is 26.0. The Morgan fingerprint density at radius 2 is 1.08 bits per heavy atom. The van der Waals surface area contributed by atoms with Crippen molar-refractivity contribution in [3.63, 3.8) is 0 Å². The van der Waals surface area contributed by atoms with Crippen LogP contribution >= 0.6 is 0 Å². The lowest BCUT2D eigenvalue weighted by atomic mass is 9.82. The Morgan fingerprint density at radius 1 is 0.585 bits per heavy atom. The van der Waals surface area contributed by atoms with E-state index >= 15 is 0 Å². The molecule has 1 rings (SSSR count). The molecular formula is C48H89N3O2. The Morgan fingerprint density at radius 3 is 1.62 bits per heavy atom. The van der Waals surface area contributed by atoms with Crippen LogP contribution in [0.5, 0.6) is 0 Å². The molecule has 0 heterocycles. The lowest BCUT2D eigenvalue weighted by Gasteiger charge is -2.38. The van der Waals surface area contributed by atoms with Crippen LogP contribution in [0.15, 0.2) is 36.5 Å². The summed E-state index contributed by atoms with van der Waals surface area (Å²) >= 11 is 0. The summed E-state index contributed by atoms with van der Waals surface area (Å²) in [4.78, 5) is 31.8. The molecule has 5 heteroatoms. The van der Waals surface area contributed by atoms with E-state index in [9.17, 15) is 9.59 Å². The molecule has 1 N–H and O–H groups in total. The normalized spacial score (nSPS) is 14.7. The SMILES string of the molecule is CC/C=C\C/C=C\C/C=C\CCCCCCCC(=O)N(CCN(C)C)C(C(=O)NCCCCCCCCCCCCCCCCCC)C1CCCCC1. The first kappa shape index (κ1) is 49.1. The molecule has 0 aliphatic heterocycles. The maximum Gasteiger partial charge on any atom is 0.243 e. The standard InChI is InChI=1S/C48H89N3O2/c1-5-7-9-11-13-15-17-19-21-23-25-27-29-31-33-38-42-49-48(53)47(45-39-35-34-36-40-45)51(44-43-50(3)4)46(52)41-37-32-30-28-26-24-22-20-18-16-14-12-10-8-6-2/h8,10,14,16,20,22,45,47H,5-7,9,11-13,15,17-19,21,23-44H2,1-4H3,(H,49,53)/b10-8-,16-14-,22-20-. The molecule has 1 fully saturated rings. The van der Waals surface area contributed by atoms with Gasteiger partial charge in [0.2, 0.25) is 11.8 Å². The van der Waals surface area contributed by atoms with Crippen LogP contribution in [0.1, 0.15) is 213 Å². The van der Waals surface area contributed by atoms with Crippen molar-refractivity contribution < 1.29 is 9.59 Å². The molecule has 0 spiro atoms. The Kier molecular flexibility index (Phi) is 34.4. The number of amides is 2. The van der Waals surface area contributed by atoms with E-state index in [1.807, 2.05) is 4.90 Å². The summed E-state index contributed by atoms with van der Waals surface area (Å²) in [5.41, 5.74) is 0. The first-order valence-electron chi connectivity index (χ1n) is 23.2. The molecule has 0 aromatic carbocycles. The fourth-order valence-corrected chi connectivity index (χ4v) is 7.81. The van der Waals surface area contributed by atoms with Gasteiger partial charge >= 0.3 is 0 Å². The zero-order valence-corrected chi connectivity index (χ0v) is 35.9. The molecule has 53 heavy (non-hydrogen) atoms. The predicted octanol–water partition coefficient (Wildman–Crippen LogP) is 13.3. The minimum atomic E-state index is -0.321. The highest BCUT2D eigenvalue weighted by Crippen LogP contribution is 2.30. The van der Waals surface area contributed by atoms with Crippen molar-refractivity contribution in [2.24, 2.45) is 5.92 Å². The third-order valence-corrected chi connectivity index (χ3v) is 11.2. The summed E-state index contributed by atoms with van der Waals surface area (Å²) in [6.07, 6.45) is 51.4. The van der Waals surface area contributed by atoms with Crippen LogP contribution in [0.3, 0.4) is 0 Å². The van der Waals surface area contributed by atoms with E-state index in [-0.39, 0.29) is 23.8 Å². The van der Waals surface area contributed by atoms with Gasteiger partial charge in [0.15, 0.2) is 0 Å². The van der Waals surface area contributed by atoms with Gasteiger partial charge in [0, 0.05) is 26.1 Å². The first-order valence-corrected chi connectivity index (χ1v) is 23.2. The molecule has 0 aromatic rings. The topological polar surface area (TPSA) is 52.7 Å². The number of rotatable bonds is 36. The minimum absolute atomic E-state index is 0.0989. The van der Waals surface area contributed by atoms with Gasteiger partial charge in [-0.05, 0) is 77.8 Å². The summed E-state index contributed by atoms with van der Waals surface area (Å²) in [5.74, 6) is 0.560. The van der Waals surface area contributed by atoms with Gasteiger partial charge in [-0.3, -0.25) is 9.59 Å². The number of unbranched alkanes of at least 4 members (excludes halogenated alkanes) is 20. The minimum Gasteiger partial charge on any atom is -0.354 e. The highest BCUT2D eigenvalue weighted by Gasteiger charge is 2.36. The zero-order valence-electron chi connectivity index (χ0n) is 35.9. The molecule has 1 saturated carbocycles. The molecule has 308 valence electrons. The Labute approximate surface area is 330 Å². The molecule has 1 atom stereocenters. The van der Waals surface area contributed by atoms with E-state index in [2.05, 4.69) is 74.6 Å². The van der Waals surface area contributed by atoms with E-state index in [0.717, 1.165) is 70.9 Å². The van der Waals surface area contributed by atoms with Crippen molar-refractivity contribution >= 4 is 11.8 Å². The maximum absolute atomic E-state index is 13.9. The summed E-state index contributed by atoms with van der Waals surface area (Å²) in [5, 5.41) is 3.32. The van der Waals surface area contributed by atoms with Gasteiger partial charge in [0.25, 0.3) is 0 Å². The van der Waals surface area contributed by atoms with Crippen LogP contribution in [0.2, 0.25) is 0 Å². The average Bonchev–Trinajstić information content (AvgIpc) is 3.16. The molecule has 1 aliphatic carbocycles. The smallest absolute Gasteiger partial charge is 0.243 e. The third-order valence-electron chi connectivity index (χ3n) is 11.2. The van der Waals surface area contributed by atoms with Gasteiger partial charge < -0.3 is 15.1 Å². The summed E-state index contributed by atoms with van der Waals surface area (Å²) in [6.45, 7) is 6.62. The molecule has 1 aliphatic rings. The highest BCUT2D eigenvalue weighted by molar-refractivity contribution is 5.88. The Hall–Kier alpha value is -1.88. The van der Waals surface area contributed by atoms with Crippen molar-refractivity contribution in [2.45, 2.75) is 219 Å². The number of likely N-dealkylation sites (N-methyl/N-ethyl adjacent to an activating group) is 1. The number of hydrogen-bond donors (Lipinski definition) is 1. The number of nitrogens with zero attached hydrogens (tertiary/aromatic N) is 2. The van der Waals surface area contributed by atoms with Crippen LogP contribution in [-0.4, -0.2) is 61.4 Å². The van der Waals surface area contributed by atoms with Gasteiger partial charge in [0.05, 0.1) is 0 Å². The molecule has 0 radical (unpaired) electrons. The summed E-state index contributed by atoms with van der Waals surface area (Å²) in [6, 6.07) is -0.321. The number of hydrogen-bond acceptors (Lipinski definition) is 3. The summed E-state index contributed by atoms with van der Waals surface area (Å²) < 4.78 is 0. The lowest BCUT2D eigenvalue weighted by Crippen LogP contribution is -2.55. The van der Waals surface area contributed by atoms with Crippen LogP contribution in [0.25, 0.3) is 0 Å². The summed E-state index contributed by atoms with van der Waals surface area (Å²) in [7, 11) is 4.13. The monoisotopic (exact) mass is 740 g/mol. The van der Waals surface area contributed by atoms with Crippen LogP contribution in [-0.2, 0) is 9.59 Å². The number of allylic oxidation sites excluding steroid dienone is 6. The number of nitrogens with one attached hydrogen (secondary N) is 1. The quantitative estimate of drug-likeness (QED) is 0.0514. The van der Waals surface area contributed by atoms with Crippen LogP contribution in [0.4, 0.5) is 0 Å². The molecule has 1 unspecified atom stereocenters. The van der Waals surface area contributed by atoms with E-state index in [1.165, 1.54) is 135 Å². The maximum atomic E-state index is 13.9. The van der Waals surface area contributed by atoms with Gasteiger partial charge in [-0.2, -0.15) is 0 Å². The van der Waals surface area contributed by atoms with E-state index < -0.39 is 0 Å². The van der Waals surface area contributed by atoms with Gasteiger partial charge in [-0.25, -0.2) is 0 Å². The van der Waals surface area contributed by atoms with Crippen LogP contribution in [0, 0.1) is 5.92 Å². The Balaban J connectivity index is 2.38. The second kappa shape index (κ2) is 37.1. The van der Waals surface area contributed by atoms with Crippen molar-refractivity contribution in [1.29, 1.82) is 0 Å². The highest BCUT2D eigenvalue weighted by atomic mass is 16.2. The number of carbonyl (C=O) groups excluding carboxylic acids is 2. The van der Waals surface area contributed by atoms with E-state index in [1.54, 1.807) is 0 Å². The van der Waals surface area contributed by atoms with Gasteiger partial charge in [-0.15, -0.1) is 0 Å². The van der Waals surface area contributed by atoms with Gasteiger partial charge in [-0.1, -0.05) is 185 Å². The van der Waals surface area contributed by atoms with E-state index in [0.29, 0.717) is 13.0 Å². The molecule has 0 saturated heterocycles. The molecule has 5 nitrogen and oxygen atoms in total. The van der Waals surface area contributed by atoms with Crippen molar-refractivity contribution in [1.82, 2.24) is 15.1 Å². The molecule has 0 aromatic heterocycles. The predicted molar refractivity (Wildman–Crippen MR) is 232 cm³/mol. The van der Waals surface area contributed by atoms with Gasteiger partial charge in [0.1, 0.15) is 6.04 Å². The molecule has 2 amide bonds. The second-order valence-corrected chi connectivity index (χ2v) is 16.4. The van der Waals surface area contributed by atoms with Crippen molar-refractivity contribution in [2.75, 3.05) is 33.7 Å². The number of carbonyl (C=O) groups is 2. The second-order valence-electron chi connectivity index (χ2n) is 16.4. The fraction of sp³-hybridized carbons (Fsp3) is 0.833.